The number of carbonyl (C=O) groups is 1. The molecule has 0 aromatic carbocycles. The average Bonchev–Trinajstić information content (AvgIpc) is 3.34. The van der Waals surface area contributed by atoms with Gasteiger partial charge in [0.25, 0.3) is 0 Å². The Kier molecular flexibility index (Phi) is 7.01. The number of nitrogens with zero attached hydrogens (tertiary/aromatic N) is 4. The number of aliphatic imine (C=N–C) groups is 1. The smallest absolute Gasteiger partial charge is 0.242 e. The van der Waals surface area contributed by atoms with Crippen LogP contribution in [0.5, 0.6) is 0 Å². The van der Waals surface area contributed by atoms with Crippen molar-refractivity contribution >= 4 is 11.9 Å². The molecule has 10 heteroatoms. The van der Waals surface area contributed by atoms with Gasteiger partial charge in [0.1, 0.15) is 24.7 Å². The summed E-state index contributed by atoms with van der Waals surface area (Å²) in [6.45, 7) is 4.19. The Morgan fingerprint density at radius 2 is 2.36 bits per heavy atom. The molecule has 0 radical (unpaired) electrons. The number of ether oxygens (including phenoxy) is 1. The quantitative estimate of drug-likeness (QED) is 0.436. The Labute approximate surface area is 163 Å². The molecule has 1 aliphatic rings. The highest BCUT2D eigenvalue weighted by Gasteiger charge is 2.22. The van der Waals surface area contributed by atoms with Crippen LogP contribution in [0.25, 0.3) is 0 Å². The van der Waals surface area contributed by atoms with Gasteiger partial charge in [-0.05, 0) is 25.5 Å². The van der Waals surface area contributed by atoms with Crippen LogP contribution in [0, 0.1) is 0 Å². The standard InChI is InChI=1S/C18H27N7O3/c1-3-19-18(21-10-17(26)20-9-14-5-4-8-28-14)22-13-6-7-16-23-15(12-27-2)24-25(16)11-13/h4-5,8,13H,3,6-7,9-12H2,1-2H3,(H,20,26)(H2,19,21,22). The topological polar surface area (TPSA) is 119 Å². The minimum Gasteiger partial charge on any atom is -0.467 e. The van der Waals surface area contributed by atoms with Crippen molar-refractivity contribution in [3.05, 3.63) is 35.8 Å². The highest BCUT2D eigenvalue weighted by atomic mass is 16.5. The Balaban J connectivity index is 1.51. The predicted octanol–water partition coefficient (Wildman–Crippen LogP) is 0.204. The van der Waals surface area contributed by atoms with Crippen LogP contribution in [0.4, 0.5) is 0 Å². The molecule has 10 nitrogen and oxygen atoms in total. The number of nitrogens with one attached hydrogen (secondary N) is 3. The van der Waals surface area contributed by atoms with Gasteiger partial charge in [-0.2, -0.15) is 5.10 Å². The SMILES string of the molecule is CCNC(=NCC(=O)NCc1ccco1)NC1CCc2nc(COC)nn2C1. The van der Waals surface area contributed by atoms with Crippen molar-refractivity contribution in [3.63, 3.8) is 0 Å². The lowest BCUT2D eigenvalue weighted by Gasteiger charge is -2.25. The summed E-state index contributed by atoms with van der Waals surface area (Å²) in [4.78, 5) is 20.9. The zero-order valence-corrected chi connectivity index (χ0v) is 16.3. The van der Waals surface area contributed by atoms with E-state index in [1.54, 1.807) is 19.4 Å². The molecule has 1 atom stereocenters. The minimum atomic E-state index is -0.167. The molecule has 3 heterocycles. The second kappa shape index (κ2) is 9.88. The van der Waals surface area contributed by atoms with Crippen molar-refractivity contribution in [2.75, 3.05) is 20.2 Å². The third kappa shape index (κ3) is 5.56. The van der Waals surface area contributed by atoms with Crippen molar-refractivity contribution < 1.29 is 13.9 Å². The third-order valence-corrected chi connectivity index (χ3v) is 4.28. The predicted molar refractivity (Wildman–Crippen MR) is 103 cm³/mol. The fourth-order valence-electron chi connectivity index (χ4n) is 2.99. The van der Waals surface area contributed by atoms with Gasteiger partial charge in [-0.25, -0.2) is 14.7 Å². The Morgan fingerprint density at radius 3 is 3.11 bits per heavy atom. The number of aryl methyl sites for hydroxylation is 1. The number of guanidine groups is 1. The number of carbonyl (C=O) groups excluding carboxylic acids is 1. The lowest BCUT2D eigenvalue weighted by molar-refractivity contribution is -0.119. The first kappa shape index (κ1) is 19.9. The molecule has 2 aromatic rings. The molecule has 2 aromatic heterocycles. The van der Waals surface area contributed by atoms with Gasteiger partial charge in [0.15, 0.2) is 11.8 Å². The van der Waals surface area contributed by atoms with Crippen molar-refractivity contribution in [3.8, 4) is 0 Å². The first-order valence-corrected chi connectivity index (χ1v) is 9.43. The molecule has 0 spiro atoms. The number of rotatable bonds is 8. The molecule has 0 fully saturated rings. The molecule has 3 N–H and O–H groups in total. The Bertz CT molecular complexity index is 785. The maximum atomic E-state index is 12.0. The molecule has 28 heavy (non-hydrogen) atoms. The second-order valence-corrected chi connectivity index (χ2v) is 6.49. The fourth-order valence-corrected chi connectivity index (χ4v) is 2.99. The van der Waals surface area contributed by atoms with Gasteiger partial charge in [0, 0.05) is 26.1 Å². The molecule has 0 bridgehead atoms. The summed E-state index contributed by atoms with van der Waals surface area (Å²) >= 11 is 0. The first-order valence-electron chi connectivity index (χ1n) is 9.43. The van der Waals surface area contributed by atoms with E-state index in [1.165, 1.54) is 0 Å². The van der Waals surface area contributed by atoms with Gasteiger partial charge in [0.05, 0.1) is 19.4 Å². The van der Waals surface area contributed by atoms with E-state index in [1.807, 2.05) is 17.7 Å². The van der Waals surface area contributed by atoms with E-state index >= 15 is 0 Å². The van der Waals surface area contributed by atoms with Crippen LogP contribution < -0.4 is 16.0 Å². The van der Waals surface area contributed by atoms with Crippen molar-refractivity contribution in [1.82, 2.24) is 30.7 Å². The van der Waals surface area contributed by atoms with E-state index in [2.05, 4.69) is 31.0 Å². The first-order chi connectivity index (χ1) is 13.7. The van der Waals surface area contributed by atoms with Gasteiger partial charge in [0.2, 0.25) is 5.91 Å². The third-order valence-electron chi connectivity index (χ3n) is 4.28. The monoisotopic (exact) mass is 389 g/mol. The number of hydrogen-bond donors (Lipinski definition) is 3. The number of aromatic nitrogens is 3. The fraction of sp³-hybridized carbons (Fsp3) is 0.556. The molecule has 0 saturated carbocycles. The van der Waals surface area contributed by atoms with Crippen LogP contribution in [0.1, 0.15) is 30.8 Å². The maximum Gasteiger partial charge on any atom is 0.242 e. The zero-order valence-electron chi connectivity index (χ0n) is 16.3. The average molecular weight is 389 g/mol. The number of fused-ring (bicyclic) bond motifs is 1. The van der Waals surface area contributed by atoms with Crippen LogP contribution >= 0.6 is 0 Å². The van der Waals surface area contributed by atoms with Crippen molar-refractivity contribution in [2.45, 2.75) is 45.5 Å². The number of furan rings is 1. The lowest BCUT2D eigenvalue weighted by atomic mass is 10.1. The molecule has 1 unspecified atom stereocenters. The number of methoxy groups -OCH3 is 1. The van der Waals surface area contributed by atoms with E-state index in [-0.39, 0.29) is 18.5 Å². The van der Waals surface area contributed by atoms with Crippen LogP contribution in [0.15, 0.2) is 27.8 Å². The van der Waals surface area contributed by atoms with Gasteiger partial charge in [-0.3, -0.25) is 4.79 Å². The summed E-state index contributed by atoms with van der Waals surface area (Å²) in [5, 5.41) is 13.8. The Hall–Kier alpha value is -2.88. The largest absolute Gasteiger partial charge is 0.467 e. The van der Waals surface area contributed by atoms with Gasteiger partial charge in [-0.15, -0.1) is 0 Å². The zero-order chi connectivity index (χ0) is 19.8. The second-order valence-electron chi connectivity index (χ2n) is 6.49. The highest BCUT2D eigenvalue weighted by Crippen LogP contribution is 2.13. The summed E-state index contributed by atoms with van der Waals surface area (Å²) in [5.74, 6) is 2.83. The van der Waals surface area contributed by atoms with Crippen LogP contribution in [0.3, 0.4) is 0 Å². The molecule has 1 amide bonds. The van der Waals surface area contributed by atoms with E-state index in [0.717, 1.165) is 18.7 Å². The highest BCUT2D eigenvalue weighted by molar-refractivity contribution is 5.85. The van der Waals surface area contributed by atoms with E-state index in [0.29, 0.717) is 43.8 Å². The van der Waals surface area contributed by atoms with Gasteiger partial charge >= 0.3 is 0 Å². The summed E-state index contributed by atoms with van der Waals surface area (Å²) in [6, 6.07) is 3.76. The Morgan fingerprint density at radius 1 is 1.46 bits per heavy atom. The maximum absolute atomic E-state index is 12.0. The molecule has 152 valence electrons. The minimum absolute atomic E-state index is 0.0370. The van der Waals surface area contributed by atoms with Crippen molar-refractivity contribution in [1.29, 1.82) is 0 Å². The molecule has 3 rings (SSSR count). The van der Waals surface area contributed by atoms with Crippen LogP contribution in [-0.4, -0.2) is 52.9 Å². The summed E-state index contributed by atoms with van der Waals surface area (Å²) in [5.41, 5.74) is 0. The number of amides is 1. The molecule has 1 aliphatic heterocycles. The van der Waals surface area contributed by atoms with Crippen molar-refractivity contribution in [2.24, 2.45) is 4.99 Å². The molecular formula is C18H27N7O3. The summed E-state index contributed by atoms with van der Waals surface area (Å²) in [7, 11) is 1.63. The normalized spacial score (nSPS) is 16.5. The van der Waals surface area contributed by atoms with Crippen LogP contribution in [0.2, 0.25) is 0 Å². The lowest BCUT2D eigenvalue weighted by Crippen LogP contribution is -2.47. The summed E-state index contributed by atoms with van der Waals surface area (Å²) in [6.07, 6.45) is 3.33. The van der Waals surface area contributed by atoms with Crippen LogP contribution in [-0.2, 0) is 35.6 Å². The van der Waals surface area contributed by atoms with Gasteiger partial charge < -0.3 is 25.1 Å². The summed E-state index contributed by atoms with van der Waals surface area (Å²) < 4.78 is 12.2. The molecule has 0 aliphatic carbocycles. The molecular weight excluding hydrogens is 362 g/mol. The van der Waals surface area contributed by atoms with E-state index in [9.17, 15) is 4.79 Å². The number of hydrogen-bond acceptors (Lipinski definition) is 6. The van der Waals surface area contributed by atoms with Gasteiger partial charge in [-0.1, -0.05) is 0 Å². The molecule has 0 saturated heterocycles. The van der Waals surface area contributed by atoms with E-state index in [4.69, 9.17) is 9.15 Å². The van der Waals surface area contributed by atoms with E-state index < -0.39 is 0 Å².